The summed E-state index contributed by atoms with van der Waals surface area (Å²) >= 11 is 0. The molecule has 1 heterocycles. The Morgan fingerprint density at radius 2 is 2.14 bits per heavy atom. The smallest absolute Gasteiger partial charge is 0.119 e. The lowest BCUT2D eigenvalue weighted by molar-refractivity contribution is 0.414. The van der Waals surface area contributed by atoms with Crippen LogP contribution in [0.4, 0.5) is 0 Å². The van der Waals surface area contributed by atoms with Crippen molar-refractivity contribution in [3.63, 3.8) is 0 Å². The van der Waals surface area contributed by atoms with Crippen LogP contribution in [0.25, 0.3) is 11.1 Å². The second-order valence-electron chi connectivity index (χ2n) is 5.69. The van der Waals surface area contributed by atoms with Crippen molar-refractivity contribution in [2.75, 3.05) is 7.11 Å². The zero-order valence-electron chi connectivity index (χ0n) is 13.0. The summed E-state index contributed by atoms with van der Waals surface area (Å²) < 4.78 is 7.28. The lowest BCUT2D eigenvalue weighted by atomic mass is 9.99. The molecule has 1 saturated carbocycles. The van der Waals surface area contributed by atoms with Crippen LogP contribution in [-0.2, 0) is 20.0 Å². The molecule has 4 heteroatoms. The minimum atomic E-state index is 0.698. The maximum Gasteiger partial charge on any atom is 0.119 e. The van der Waals surface area contributed by atoms with Crippen molar-refractivity contribution in [2.45, 2.75) is 38.8 Å². The van der Waals surface area contributed by atoms with Gasteiger partial charge in [0.15, 0.2) is 0 Å². The highest BCUT2D eigenvalue weighted by Crippen LogP contribution is 2.30. The highest BCUT2D eigenvalue weighted by atomic mass is 16.5. The summed E-state index contributed by atoms with van der Waals surface area (Å²) in [5, 5.41) is 8.16. The standard InChI is InChI=1S/C17H23N3O/c1-4-17-16(11-20(2)19-17)15-8-7-14(21-3)9-12(15)10-18-13-5-6-13/h7-9,11,13,18H,4-6,10H2,1-3H3. The number of hydrogen-bond donors (Lipinski definition) is 1. The van der Waals surface area contributed by atoms with Crippen molar-refractivity contribution in [3.05, 3.63) is 35.7 Å². The molecule has 4 nitrogen and oxygen atoms in total. The summed E-state index contributed by atoms with van der Waals surface area (Å²) in [5.74, 6) is 0.910. The van der Waals surface area contributed by atoms with Crippen LogP contribution >= 0.6 is 0 Å². The van der Waals surface area contributed by atoms with Gasteiger partial charge in [-0.2, -0.15) is 5.10 Å². The minimum Gasteiger partial charge on any atom is -0.497 e. The third-order valence-electron chi connectivity index (χ3n) is 4.00. The number of methoxy groups -OCH3 is 1. The normalized spacial score (nSPS) is 14.4. The third kappa shape index (κ3) is 3.10. The van der Waals surface area contributed by atoms with E-state index in [0.29, 0.717) is 6.04 Å². The quantitative estimate of drug-likeness (QED) is 0.887. The molecule has 1 aromatic carbocycles. The average Bonchev–Trinajstić information content (AvgIpc) is 3.26. The summed E-state index contributed by atoms with van der Waals surface area (Å²) in [5.41, 5.74) is 4.92. The number of nitrogens with zero attached hydrogens (tertiary/aromatic N) is 2. The van der Waals surface area contributed by atoms with E-state index in [0.717, 1.165) is 24.4 Å². The van der Waals surface area contributed by atoms with E-state index in [-0.39, 0.29) is 0 Å². The Kier molecular flexibility index (Phi) is 3.97. The second kappa shape index (κ2) is 5.90. The molecule has 0 saturated heterocycles. The molecule has 0 radical (unpaired) electrons. The van der Waals surface area contributed by atoms with Crippen LogP contribution < -0.4 is 10.1 Å². The maximum atomic E-state index is 5.38. The molecule has 21 heavy (non-hydrogen) atoms. The van der Waals surface area contributed by atoms with Crippen molar-refractivity contribution < 1.29 is 4.74 Å². The first-order chi connectivity index (χ1) is 10.2. The van der Waals surface area contributed by atoms with Crippen molar-refractivity contribution in [2.24, 2.45) is 7.05 Å². The molecule has 0 unspecified atom stereocenters. The van der Waals surface area contributed by atoms with Gasteiger partial charge in [-0.15, -0.1) is 0 Å². The maximum absolute atomic E-state index is 5.38. The molecule has 2 aromatic rings. The molecule has 0 atom stereocenters. The van der Waals surface area contributed by atoms with Crippen LogP contribution in [0, 0.1) is 0 Å². The van der Waals surface area contributed by atoms with Crippen molar-refractivity contribution >= 4 is 0 Å². The molecular weight excluding hydrogens is 262 g/mol. The largest absolute Gasteiger partial charge is 0.497 e. The number of ether oxygens (including phenoxy) is 1. The number of nitrogens with one attached hydrogen (secondary N) is 1. The first kappa shape index (κ1) is 14.1. The molecule has 1 aliphatic carbocycles. The molecule has 1 N–H and O–H groups in total. The van der Waals surface area contributed by atoms with Gasteiger partial charge in [0.05, 0.1) is 12.8 Å². The molecule has 1 aliphatic rings. The van der Waals surface area contributed by atoms with Crippen molar-refractivity contribution in [1.82, 2.24) is 15.1 Å². The number of hydrogen-bond acceptors (Lipinski definition) is 3. The van der Waals surface area contributed by atoms with Crippen LogP contribution in [0.2, 0.25) is 0 Å². The molecule has 1 aromatic heterocycles. The number of benzene rings is 1. The number of rotatable bonds is 6. The van der Waals surface area contributed by atoms with Gasteiger partial charge in [-0.3, -0.25) is 4.68 Å². The van der Waals surface area contributed by atoms with Gasteiger partial charge in [-0.25, -0.2) is 0 Å². The highest BCUT2D eigenvalue weighted by Gasteiger charge is 2.21. The Morgan fingerprint density at radius 1 is 1.33 bits per heavy atom. The van der Waals surface area contributed by atoms with Crippen molar-refractivity contribution in [1.29, 1.82) is 0 Å². The molecular formula is C17H23N3O. The Labute approximate surface area is 126 Å². The topological polar surface area (TPSA) is 39.1 Å². The van der Waals surface area contributed by atoms with Gasteiger partial charge in [0.25, 0.3) is 0 Å². The van der Waals surface area contributed by atoms with E-state index in [4.69, 9.17) is 4.74 Å². The van der Waals surface area contributed by atoms with Crippen LogP contribution in [0.15, 0.2) is 24.4 Å². The fourth-order valence-corrected chi connectivity index (χ4v) is 2.67. The molecule has 3 rings (SSSR count). The predicted octanol–water partition coefficient (Wildman–Crippen LogP) is 2.91. The SMILES string of the molecule is CCc1nn(C)cc1-c1ccc(OC)cc1CNC1CC1. The van der Waals surface area contributed by atoms with E-state index >= 15 is 0 Å². The Hall–Kier alpha value is -1.81. The van der Waals surface area contributed by atoms with Crippen LogP contribution in [0.5, 0.6) is 5.75 Å². The lowest BCUT2D eigenvalue weighted by Crippen LogP contribution is -2.16. The number of aromatic nitrogens is 2. The molecule has 1 fully saturated rings. The summed E-state index contributed by atoms with van der Waals surface area (Å²) in [6, 6.07) is 7.02. The Bertz CT molecular complexity index is 629. The van der Waals surface area contributed by atoms with E-state index in [1.807, 2.05) is 17.8 Å². The van der Waals surface area contributed by atoms with Gasteiger partial charge in [0, 0.05) is 31.4 Å². The first-order valence-corrected chi connectivity index (χ1v) is 7.64. The predicted molar refractivity (Wildman–Crippen MR) is 84.4 cm³/mol. The van der Waals surface area contributed by atoms with Crippen LogP contribution in [-0.4, -0.2) is 22.9 Å². The Balaban J connectivity index is 1.98. The monoisotopic (exact) mass is 285 g/mol. The lowest BCUT2D eigenvalue weighted by Gasteiger charge is -2.12. The fraction of sp³-hybridized carbons (Fsp3) is 0.471. The average molecular weight is 285 g/mol. The van der Waals surface area contributed by atoms with Gasteiger partial charge in [0.2, 0.25) is 0 Å². The minimum absolute atomic E-state index is 0.698. The molecule has 0 bridgehead atoms. The van der Waals surface area contributed by atoms with E-state index in [1.165, 1.54) is 29.5 Å². The zero-order valence-corrected chi connectivity index (χ0v) is 13.0. The first-order valence-electron chi connectivity index (χ1n) is 7.64. The summed E-state index contributed by atoms with van der Waals surface area (Å²) in [4.78, 5) is 0. The van der Waals surface area contributed by atoms with Gasteiger partial charge >= 0.3 is 0 Å². The molecule has 0 aliphatic heterocycles. The second-order valence-corrected chi connectivity index (χ2v) is 5.69. The summed E-state index contributed by atoms with van der Waals surface area (Å²) in [7, 11) is 3.70. The highest BCUT2D eigenvalue weighted by molar-refractivity contribution is 5.70. The van der Waals surface area contributed by atoms with Gasteiger partial charge in [0.1, 0.15) is 5.75 Å². The molecule has 112 valence electrons. The third-order valence-corrected chi connectivity index (χ3v) is 4.00. The fourth-order valence-electron chi connectivity index (χ4n) is 2.67. The van der Waals surface area contributed by atoms with E-state index in [9.17, 15) is 0 Å². The Morgan fingerprint density at radius 3 is 2.81 bits per heavy atom. The number of aryl methyl sites for hydroxylation is 2. The molecule has 0 amide bonds. The van der Waals surface area contributed by atoms with E-state index in [1.54, 1.807) is 7.11 Å². The van der Waals surface area contributed by atoms with E-state index in [2.05, 4.69) is 35.7 Å². The van der Waals surface area contributed by atoms with E-state index < -0.39 is 0 Å². The summed E-state index contributed by atoms with van der Waals surface area (Å²) in [6.45, 7) is 3.03. The zero-order chi connectivity index (χ0) is 14.8. The molecule has 0 spiro atoms. The summed E-state index contributed by atoms with van der Waals surface area (Å²) in [6.07, 6.45) is 5.65. The van der Waals surface area contributed by atoms with Crippen LogP contribution in [0.3, 0.4) is 0 Å². The van der Waals surface area contributed by atoms with Gasteiger partial charge in [-0.1, -0.05) is 13.0 Å². The van der Waals surface area contributed by atoms with Crippen LogP contribution in [0.1, 0.15) is 31.0 Å². The van der Waals surface area contributed by atoms with Gasteiger partial charge in [-0.05, 0) is 42.5 Å². The van der Waals surface area contributed by atoms with Crippen molar-refractivity contribution in [3.8, 4) is 16.9 Å². The van der Waals surface area contributed by atoms with Gasteiger partial charge < -0.3 is 10.1 Å².